The molecule has 0 saturated heterocycles. The van der Waals surface area contributed by atoms with Crippen molar-refractivity contribution in [3.05, 3.63) is 107 Å². The molecule has 0 aromatic heterocycles. The molecule has 0 fully saturated rings. The minimum Gasteiger partial charge on any atom is -0.475 e. The molecule has 3 rings (SSSR count). The average molecular weight is 643 g/mol. The number of halogens is 3. The standard InChI is InChI=1S/C30H36N6O3.C2HF3O2/c1-21(37)35-19-22-14-16-23(17-15-22)20-36(26(28(31)38)13-8-18-34-30(32)33)29(39)27(24-9-4-2-5-10-24)25-11-6-3-7-12-25;3-2(4,5)1(6)7/h2-7,9-12,14-17,26-27H,8,13,18-20H2,1H3,(H2,31,38)(H,35,37)(H4,32,33,34);(H,6,7)/t26-;/m1./s1. The van der Waals surface area contributed by atoms with E-state index in [-0.39, 0.29) is 24.3 Å². The van der Waals surface area contributed by atoms with Crippen molar-refractivity contribution in [2.24, 2.45) is 22.2 Å². The van der Waals surface area contributed by atoms with E-state index in [1.54, 1.807) is 4.90 Å². The van der Waals surface area contributed by atoms with Gasteiger partial charge in [-0.2, -0.15) is 13.2 Å². The summed E-state index contributed by atoms with van der Waals surface area (Å²) < 4.78 is 31.7. The van der Waals surface area contributed by atoms with Crippen LogP contribution in [-0.2, 0) is 32.3 Å². The Morgan fingerprint density at radius 1 is 0.848 bits per heavy atom. The lowest BCUT2D eigenvalue weighted by Gasteiger charge is -2.33. The Balaban J connectivity index is 0.000000942. The van der Waals surface area contributed by atoms with Crippen LogP contribution in [0.15, 0.2) is 89.9 Å². The Morgan fingerprint density at radius 3 is 1.74 bits per heavy atom. The minimum atomic E-state index is -5.08. The molecule has 11 nitrogen and oxygen atoms in total. The number of benzene rings is 3. The molecule has 0 aliphatic carbocycles. The van der Waals surface area contributed by atoms with Crippen molar-refractivity contribution >= 4 is 29.7 Å². The third-order valence-corrected chi connectivity index (χ3v) is 6.59. The van der Waals surface area contributed by atoms with Crippen molar-refractivity contribution in [3.8, 4) is 0 Å². The zero-order chi connectivity index (χ0) is 34.3. The van der Waals surface area contributed by atoms with Crippen molar-refractivity contribution in [2.45, 2.75) is 51.0 Å². The second-order valence-corrected chi connectivity index (χ2v) is 10.1. The summed E-state index contributed by atoms with van der Waals surface area (Å²) in [5.74, 6) is -4.38. The number of aliphatic carboxylic acids is 1. The van der Waals surface area contributed by atoms with Crippen LogP contribution in [0.3, 0.4) is 0 Å². The number of nitrogens with zero attached hydrogens (tertiary/aromatic N) is 2. The Kier molecular flexibility index (Phi) is 14.2. The predicted octanol–water partition coefficient (Wildman–Crippen LogP) is 3.02. The number of nitrogens with one attached hydrogen (secondary N) is 1. The summed E-state index contributed by atoms with van der Waals surface area (Å²) in [5.41, 5.74) is 20.1. The van der Waals surface area contributed by atoms with Crippen molar-refractivity contribution in [1.29, 1.82) is 0 Å². The van der Waals surface area contributed by atoms with E-state index in [0.29, 0.717) is 25.9 Å². The van der Waals surface area contributed by atoms with Gasteiger partial charge in [0.15, 0.2) is 5.96 Å². The molecule has 0 aliphatic rings. The highest BCUT2D eigenvalue weighted by atomic mass is 19.4. The number of alkyl halides is 3. The quantitative estimate of drug-likeness (QED) is 0.107. The molecule has 46 heavy (non-hydrogen) atoms. The molecule has 8 N–H and O–H groups in total. The number of carboxylic acids is 1. The van der Waals surface area contributed by atoms with Crippen LogP contribution >= 0.6 is 0 Å². The summed E-state index contributed by atoms with van der Waals surface area (Å²) in [6, 6.07) is 25.6. The zero-order valence-corrected chi connectivity index (χ0v) is 25.1. The fraction of sp³-hybridized carbons (Fsp3) is 0.281. The summed E-state index contributed by atoms with van der Waals surface area (Å²) in [4.78, 5) is 52.9. The molecule has 246 valence electrons. The number of rotatable bonds is 13. The molecule has 0 spiro atoms. The highest BCUT2D eigenvalue weighted by Gasteiger charge is 2.38. The van der Waals surface area contributed by atoms with Crippen LogP contribution in [0.5, 0.6) is 0 Å². The Hall–Kier alpha value is -5.40. The van der Waals surface area contributed by atoms with E-state index in [1.165, 1.54) is 6.92 Å². The fourth-order valence-corrected chi connectivity index (χ4v) is 4.41. The van der Waals surface area contributed by atoms with E-state index in [0.717, 1.165) is 22.3 Å². The van der Waals surface area contributed by atoms with Gasteiger partial charge in [-0.15, -0.1) is 0 Å². The largest absolute Gasteiger partial charge is 0.490 e. The van der Waals surface area contributed by atoms with E-state index < -0.39 is 30.0 Å². The number of carbonyl (C=O) groups excluding carboxylic acids is 3. The van der Waals surface area contributed by atoms with Gasteiger partial charge in [-0.05, 0) is 35.1 Å². The molecule has 0 bridgehead atoms. The molecule has 3 amide bonds. The molecule has 0 unspecified atom stereocenters. The first-order chi connectivity index (χ1) is 21.7. The smallest absolute Gasteiger partial charge is 0.475 e. The molecule has 0 heterocycles. The van der Waals surface area contributed by atoms with E-state index in [1.807, 2.05) is 84.9 Å². The third-order valence-electron chi connectivity index (χ3n) is 6.59. The van der Waals surface area contributed by atoms with Crippen LogP contribution < -0.4 is 22.5 Å². The van der Waals surface area contributed by atoms with Gasteiger partial charge in [-0.1, -0.05) is 84.9 Å². The number of amides is 3. The number of hydrogen-bond donors (Lipinski definition) is 5. The maximum absolute atomic E-state index is 14.4. The SMILES string of the molecule is CC(=O)NCc1ccc(CN(C(=O)C(c2ccccc2)c2ccccc2)[C@H](CCCN=C(N)N)C(N)=O)cc1.O=C(O)C(F)(F)F. The lowest BCUT2D eigenvalue weighted by molar-refractivity contribution is -0.192. The number of carboxylic acid groups (broad SMARTS) is 1. The van der Waals surface area contributed by atoms with Crippen LogP contribution in [-0.4, -0.2) is 58.4 Å². The highest BCUT2D eigenvalue weighted by molar-refractivity contribution is 5.92. The molecule has 14 heteroatoms. The number of aliphatic imine (C=N–C) groups is 1. The Labute approximate surface area is 264 Å². The molecule has 0 saturated carbocycles. The van der Waals surface area contributed by atoms with E-state index in [9.17, 15) is 27.6 Å². The van der Waals surface area contributed by atoms with Crippen LogP contribution in [0, 0.1) is 0 Å². The first-order valence-electron chi connectivity index (χ1n) is 14.1. The van der Waals surface area contributed by atoms with Gasteiger partial charge >= 0.3 is 12.1 Å². The van der Waals surface area contributed by atoms with Crippen molar-refractivity contribution < 1.29 is 37.5 Å². The lowest BCUT2D eigenvalue weighted by atomic mass is 9.89. The van der Waals surface area contributed by atoms with Gasteiger partial charge in [-0.3, -0.25) is 19.4 Å². The number of guanidine groups is 1. The second-order valence-electron chi connectivity index (χ2n) is 10.1. The number of hydrogen-bond acceptors (Lipinski definition) is 5. The number of primary amides is 1. The van der Waals surface area contributed by atoms with Crippen molar-refractivity contribution in [3.63, 3.8) is 0 Å². The molecule has 3 aromatic rings. The summed E-state index contributed by atoms with van der Waals surface area (Å²) in [6.07, 6.45) is -4.32. The first kappa shape index (κ1) is 36.8. The predicted molar refractivity (Wildman–Crippen MR) is 166 cm³/mol. The lowest BCUT2D eigenvalue weighted by Crippen LogP contribution is -2.49. The zero-order valence-electron chi connectivity index (χ0n) is 25.1. The monoisotopic (exact) mass is 642 g/mol. The number of carbonyl (C=O) groups is 4. The normalized spacial score (nSPS) is 11.4. The molecule has 0 radical (unpaired) electrons. The van der Waals surface area contributed by atoms with Gasteiger partial charge in [0, 0.05) is 26.6 Å². The Bertz CT molecular complexity index is 1430. The Morgan fingerprint density at radius 2 is 1.33 bits per heavy atom. The summed E-state index contributed by atoms with van der Waals surface area (Å²) >= 11 is 0. The van der Waals surface area contributed by atoms with Crippen LogP contribution in [0.4, 0.5) is 13.2 Å². The van der Waals surface area contributed by atoms with E-state index in [2.05, 4.69) is 10.3 Å². The molecule has 1 atom stereocenters. The van der Waals surface area contributed by atoms with E-state index in [4.69, 9.17) is 27.1 Å². The van der Waals surface area contributed by atoms with E-state index >= 15 is 0 Å². The number of nitrogens with two attached hydrogens (primary N) is 3. The summed E-state index contributed by atoms with van der Waals surface area (Å²) in [7, 11) is 0. The third kappa shape index (κ3) is 12.3. The minimum absolute atomic E-state index is 0.0360. The molecular formula is C32H37F3N6O5. The first-order valence-corrected chi connectivity index (χ1v) is 14.1. The van der Waals surface area contributed by atoms with Gasteiger partial charge < -0.3 is 32.5 Å². The molecule has 3 aromatic carbocycles. The van der Waals surface area contributed by atoms with Crippen LogP contribution in [0.1, 0.15) is 47.9 Å². The van der Waals surface area contributed by atoms with Crippen molar-refractivity contribution in [1.82, 2.24) is 10.2 Å². The molecular weight excluding hydrogens is 605 g/mol. The van der Waals surface area contributed by atoms with Gasteiger partial charge in [-0.25, -0.2) is 4.79 Å². The fourth-order valence-electron chi connectivity index (χ4n) is 4.41. The van der Waals surface area contributed by atoms with Crippen LogP contribution in [0.2, 0.25) is 0 Å². The second kappa shape index (κ2) is 17.8. The van der Waals surface area contributed by atoms with Gasteiger partial charge in [0.05, 0.1) is 5.92 Å². The maximum Gasteiger partial charge on any atom is 0.490 e. The summed E-state index contributed by atoms with van der Waals surface area (Å²) in [5, 5.41) is 9.89. The van der Waals surface area contributed by atoms with Crippen LogP contribution in [0.25, 0.3) is 0 Å². The van der Waals surface area contributed by atoms with Crippen molar-refractivity contribution in [2.75, 3.05) is 6.54 Å². The average Bonchev–Trinajstić information content (AvgIpc) is 3.00. The summed E-state index contributed by atoms with van der Waals surface area (Å²) in [6.45, 7) is 2.35. The highest BCUT2D eigenvalue weighted by Crippen LogP contribution is 2.29. The van der Waals surface area contributed by atoms with Gasteiger partial charge in [0.2, 0.25) is 17.7 Å². The van der Waals surface area contributed by atoms with Gasteiger partial charge in [0.1, 0.15) is 6.04 Å². The topological polar surface area (TPSA) is 194 Å². The molecule has 0 aliphatic heterocycles. The van der Waals surface area contributed by atoms with Gasteiger partial charge in [0.25, 0.3) is 0 Å². The maximum atomic E-state index is 14.4.